The van der Waals surface area contributed by atoms with Crippen LogP contribution in [0.4, 0.5) is 5.82 Å². The molecule has 2 N–H and O–H groups in total. The maximum Gasteiger partial charge on any atom is 0.295 e. The van der Waals surface area contributed by atoms with E-state index >= 15 is 0 Å². The molecule has 1 heterocycles. The minimum absolute atomic E-state index is 0.215. The summed E-state index contributed by atoms with van der Waals surface area (Å²) in [5.74, 6) is 1.56. The molecule has 1 aromatic carbocycles. The number of benzene rings is 1. The lowest BCUT2D eigenvalue weighted by molar-refractivity contribution is 0.408. The first-order valence-corrected chi connectivity index (χ1v) is 6.83. The number of ether oxygens (including phenoxy) is 1. The second-order valence-corrected chi connectivity index (χ2v) is 4.87. The van der Waals surface area contributed by atoms with Crippen molar-refractivity contribution in [1.29, 1.82) is 0 Å². The van der Waals surface area contributed by atoms with E-state index in [1.54, 1.807) is 11.8 Å². The van der Waals surface area contributed by atoms with Gasteiger partial charge in [0.05, 0.1) is 13.4 Å². The Morgan fingerprint density at radius 3 is 2.89 bits per heavy atom. The zero-order valence-corrected chi connectivity index (χ0v) is 11.4. The molecule has 0 aliphatic heterocycles. The summed E-state index contributed by atoms with van der Waals surface area (Å²) in [6.07, 6.45) is 1.36. The van der Waals surface area contributed by atoms with Crippen molar-refractivity contribution in [2.75, 3.05) is 24.7 Å². The van der Waals surface area contributed by atoms with Gasteiger partial charge in [0.15, 0.2) is 5.82 Å². The third-order valence-corrected chi connectivity index (χ3v) is 3.43. The van der Waals surface area contributed by atoms with Gasteiger partial charge in [-0.3, -0.25) is 4.79 Å². The fraction of sp³-hybridized carbons (Fsp3) is 0.231. The third-order valence-electron chi connectivity index (χ3n) is 2.42. The van der Waals surface area contributed by atoms with Crippen molar-refractivity contribution >= 4 is 17.6 Å². The average Bonchev–Trinajstić information content (AvgIpc) is 2.45. The summed E-state index contributed by atoms with van der Waals surface area (Å²) in [4.78, 5) is 19.2. The fourth-order valence-corrected chi connectivity index (χ4v) is 2.35. The maximum absolute atomic E-state index is 11.5. The molecule has 100 valence electrons. The van der Waals surface area contributed by atoms with Gasteiger partial charge in [-0.1, -0.05) is 18.2 Å². The van der Waals surface area contributed by atoms with Crippen molar-refractivity contribution < 1.29 is 4.74 Å². The Labute approximate surface area is 115 Å². The first-order valence-electron chi connectivity index (χ1n) is 5.84. The van der Waals surface area contributed by atoms with E-state index < -0.39 is 0 Å². The van der Waals surface area contributed by atoms with Crippen molar-refractivity contribution in [2.24, 2.45) is 0 Å². The van der Waals surface area contributed by atoms with E-state index in [-0.39, 0.29) is 11.3 Å². The molecule has 2 rings (SSSR count). The highest BCUT2D eigenvalue weighted by Gasteiger charge is 2.07. The molecule has 19 heavy (non-hydrogen) atoms. The number of nitrogens with one attached hydrogen (secondary N) is 2. The zero-order valence-electron chi connectivity index (χ0n) is 10.6. The van der Waals surface area contributed by atoms with Crippen molar-refractivity contribution in [1.82, 2.24) is 9.97 Å². The summed E-state index contributed by atoms with van der Waals surface area (Å²) in [6, 6.07) is 10.1. The standard InChI is InChI=1S/C13H15N3O2S/c1-18-11-12(15-9-16-13(11)17)14-7-8-19-10-5-3-2-4-6-10/h2-6,9H,7-8H2,1H3,(H2,14,15,16,17). The van der Waals surface area contributed by atoms with Gasteiger partial charge < -0.3 is 15.0 Å². The van der Waals surface area contributed by atoms with E-state index in [9.17, 15) is 4.79 Å². The van der Waals surface area contributed by atoms with E-state index in [1.807, 2.05) is 18.2 Å². The number of anilines is 1. The Morgan fingerprint density at radius 1 is 1.37 bits per heavy atom. The van der Waals surface area contributed by atoms with Crippen LogP contribution in [0.3, 0.4) is 0 Å². The number of hydrogen-bond donors (Lipinski definition) is 2. The van der Waals surface area contributed by atoms with Crippen LogP contribution >= 0.6 is 11.8 Å². The number of hydrogen-bond acceptors (Lipinski definition) is 5. The second-order valence-electron chi connectivity index (χ2n) is 3.70. The van der Waals surface area contributed by atoms with Crippen molar-refractivity contribution in [3.8, 4) is 5.75 Å². The summed E-state index contributed by atoms with van der Waals surface area (Å²) in [6.45, 7) is 0.701. The molecule has 0 spiro atoms. The maximum atomic E-state index is 11.5. The van der Waals surface area contributed by atoms with Gasteiger partial charge >= 0.3 is 0 Å². The first kappa shape index (κ1) is 13.5. The Kier molecular flexibility index (Phi) is 4.85. The van der Waals surface area contributed by atoms with Gasteiger partial charge in [-0.15, -0.1) is 11.8 Å². The molecule has 0 saturated carbocycles. The molecule has 2 aromatic rings. The topological polar surface area (TPSA) is 67.0 Å². The molecular weight excluding hydrogens is 262 g/mol. The summed E-state index contributed by atoms with van der Waals surface area (Å²) in [5, 5.41) is 3.10. The quantitative estimate of drug-likeness (QED) is 0.624. The Balaban J connectivity index is 1.86. The molecule has 5 nitrogen and oxygen atoms in total. The normalized spacial score (nSPS) is 10.2. The van der Waals surface area contributed by atoms with E-state index in [1.165, 1.54) is 18.3 Å². The number of aromatic nitrogens is 2. The van der Waals surface area contributed by atoms with Crippen molar-refractivity contribution in [3.05, 3.63) is 47.0 Å². The van der Waals surface area contributed by atoms with Crippen LogP contribution < -0.4 is 15.6 Å². The highest BCUT2D eigenvalue weighted by molar-refractivity contribution is 7.99. The predicted molar refractivity (Wildman–Crippen MR) is 77.1 cm³/mol. The molecule has 6 heteroatoms. The Bertz CT molecular complexity index is 572. The lowest BCUT2D eigenvalue weighted by Crippen LogP contribution is -2.15. The monoisotopic (exact) mass is 277 g/mol. The smallest absolute Gasteiger partial charge is 0.295 e. The van der Waals surface area contributed by atoms with Crippen molar-refractivity contribution in [2.45, 2.75) is 4.90 Å². The van der Waals surface area contributed by atoms with Gasteiger partial charge in [0.1, 0.15) is 0 Å². The number of methoxy groups -OCH3 is 1. The molecule has 0 radical (unpaired) electrons. The Hall–Kier alpha value is -1.95. The predicted octanol–water partition coefficient (Wildman–Crippen LogP) is 1.98. The number of thioether (sulfide) groups is 1. The summed E-state index contributed by atoms with van der Waals surface area (Å²) in [5.41, 5.74) is -0.282. The van der Waals surface area contributed by atoms with Crippen LogP contribution in [0.25, 0.3) is 0 Å². The second kappa shape index (κ2) is 6.84. The zero-order chi connectivity index (χ0) is 13.5. The van der Waals surface area contributed by atoms with Gasteiger partial charge in [-0.25, -0.2) is 4.98 Å². The minimum Gasteiger partial charge on any atom is -0.489 e. The molecule has 0 saturated heterocycles. The van der Waals surface area contributed by atoms with Crippen LogP contribution in [0.2, 0.25) is 0 Å². The lowest BCUT2D eigenvalue weighted by atomic mass is 10.4. The molecule has 0 aliphatic carbocycles. The van der Waals surface area contributed by atoms with E-state index in [4.69, 9.17) is 4.74 Å². The van der Waals surface area contributed by atoms with E-state index in [0.717, 1.165) is 5.75 Å². The van der Waals surface area contributed by atoms with Gasteiger partial charge in [0, 0.05) is 17.2 Å². The van der Waals surface area contributed by atoms with Crippen molar-refractivity contribution in [3.63, 3.8) is 0 Å². The van der Waals surface area contributed by atoms with Crippen LogP contribution in [0.1, 0.15) is 0 Å². The Morgan fingerprint density at radius 2 is 2.16 bits per heavy atom. The summed E-state index contributed by atoms with van der Waals surface area (Å²) < 4.78 is 5.02. The average molecular weight is 277 g/mol. The number of H-pyrrole nitrogens is 1. The summed E-state index contributed by atoms with van der Waals surface area (Å²) in [7, 11) is 1.45. The third kappa shape index (κ3) is 3.75. The lowest BCUT2D eigenvalue weighted by Gasteiger charge is -2.08. The number of rotatable bonds is 6. The highest BCUT2D eigenvalue weighted by Crippen LogP contribution is 2.18. The molecule has 0 atom stereocenters. The van der Waals surface area contributed by atoms with Gasteiger partial charge in [0.2, 0.25) is 5.75 Å². The molecule has 0 aliphatic rings. The molecule has 1 aromatic heterocycles. The van der Waals surface area contributed by atoms with Crippen LogP contribution in [0.15, 0.2) is 46.3 Å². The van der Waals surface area contributed by atoms with Crippen LogP contribution in [0.5, 0.6) is 5.75 Å². The highest BCUT2D eigenvalue weighted by atomic mass is 32.2. The fourth-order valence-electron chi connectivity index (χ4n) is 1.56. The minimum atomic E-state index is -0.282. The molecule has 0 bridgehead atoms. The SMILES string of the molecule is COc1c(NCCSc2ccccc2)nc[nH]c1=O. The van der Waals surface area contributed by atoms with Gasteiger partial charge in [-0.05, 0) is 12.1 Å². The molecule has 0 fully saturated rings. The first-order chi connectivity index (χ1) is 9.31. The molecule has 0 amide bonds. The molecular formula is C13H15N3O2S. The number of nitrogens with zero attached hydrogens (tertiary/aromatic N) is 1. The number of aromatic amines is 1. The largest absolute Gasteiger partial charge is 0.489 e. The summed E-state index contributed by atoms with van der Waals surface area (Å²) >= 11 is 1.74. The van der Waals surface area contributed by atoms with Gasteiger partial charge in [0.25, 0.3) is 5.56 Å². The van der Waals surface area contributed by atoms with Crippen LogP contribution in [0, 0.1) is 0 Å². The van der Waals surface area contributed by atoms with E-state index in [0.29, 0.717) is 12.4 Å². The van der Waals surface area contributed by atoms with E-state index in [2.05, 4.69) is 27.4 Å². The van der Waals surface area contributed by atoms with Gasteiger partial charge in [-0.2, -0.15) is 0 Å². The van der Waals surface area contributed by atoms with Crippen LogP contribution in [-0.4, -0.2) is 29.4 Å². The molecule has 0 unspecified atom stereocenters. The van der Waals surface area contributed by atoms with Crippen LogP contribution in [-0.2, 0) is 0 Å².